The van der Waals surface area contributed by atoms with E-state index in [-0.39, 0.29) is 23.4 Å². The number of hydrogen-bond donors (Lipinski definition) is 1. The first-order valence-electron chi connectivity index (χ1n) is 13.6. The predicted molar refractivity (Wildman–Crippen MR) is 158 cm³/mol. The molecule has 3 aromatic carbocycles. The molecule has 8 nitrogen and oxygen atoms in total. The Labute approximate surface area is 238 Å². The van der Waals surface area contributed by atoms with Gasteiger partial charge < -0.3 is 15.0 Å². The first kappa shape index (κ1) is 30.7. The average molecular weight is 566 g/mol. The quantitative estimate of drug-likeness (QED) is 0.307. The van der Waals surface area contributed by atoms with Crippen LogP contribution < -0.4 is 14.4 Å². The lowest BCUT2D eigenvalue weighted by Gasteiger charge is -2.32. The Kier molecular flexibility index (Phi) is 11.1. The van der Waals surface area contributed by atoms with Gasteiger partial charge in [-0.2, -0.15) is 0 Å². The number of rotatable bonds is 14. The molecular weight excluding hydrogens is 526 g/mol. The minimum absolute atomic E-state index is 0.0333. The van der Waals surface area contributed by atoms with Crippen molar-refractivity contribution in [1.82, 2.24) is 10.2 Å². The molecule has 0 aliphatic rings. The molecule has 2 atom stereocenters. The van der Waals surface area contributed by atoms with E-state index in [2.05, 4.69) is 5.32 Å². The summed E-state index contributed by atoms with van der Waals surface area (Å²) < 4.78 is 34.3. The maximum absolute atomic E-state index is 13.9. The fraction of sp³-hybridized carbons (Fsp3) is 0.355. The first-order valence-corrected chi connectivity index (χ1v) is 15.1. The number of ether oxygens (including phenoxy) is 1. The molecule has 0 spiro atoms. The van der Waals surface area contributed by atoms with Crippen molar-refractivity contribution in [2.45, 2.75) is 57.5 Å². The first-order chi connectivity index (χ1) is 19.2. The van der Waals surface area contributed by atoms with Crippen molar-refractivity contribution in [3.63, 3.8) is 0 Å². The summed E-state index contributed by atoms with van der Waals surface area (Å²) in [5.74, 6) is -0.200. The number of amides is 2. The summed E-state index contributed by atoms with van der Waals surface area (Å²) in [7, 11) is -4.12. The molecule has 3 rings (SSSR count). The van der Waals surface area contributed by atoms with E-state index in [9.17, 15) is 18.0 Å². The van der Waals surface area contributed by atoms with E-state index in [4.69, 9.17) is 4.74 Å². The molecule has 0 unspecified atom stereocenters. The van der Waals surface area contributed by atoms with E-state index in [1.54, 1.807) is 49.4 Å². The van der Waals surface area contributed by atoms with Crippen molar-refractivity contribution >= 4 is 27.5 Å². The number of carbonyl (C=O) groups excluding carboxylic acids is 2. The van der Waals surface area contributed by atoms with Crippen LogP contribution in [0.2, 0.25) is 0 Å². The molecule has 0 aromatic heterocycles. The molecule has 214 valence electrons. The normalized spacial score (nSPS) is 12.7. The smallest absolute Gasteiger partial charge is 0.264 e. The van der Waals surface area contributed by atoms with E-state index in [0.717, 1.165) is 16.3 Å². The van der Waals surface area contributed by atoms with Crippen LogP contribution in [0.5, 0.6) is 5.75 Å². The van der Waals surface area contributed by atoms with E-state index < -0.39 is 28.5 Å². The van der Waals surface area contributed by atoms with Crippen molar-refractivity contribution in [2.24, 2.45) is 0 Å². The monoisotopic (exact) mass is 565 g/mol. The summed E-state index contributed by atoms with van der Waals surface area (Å²) in [5, 5.41) is 2.94. The van der Waals surface area contributed by atoms with Crippen LogP contribution in [-0.2, 0) is 26.0 Å². The lowest BCUT2D eigenvalue weighted by Crippen LogP contribution is -2.53. The van der Waals surface area contributed by atoms with Crippen LogP contribution >= 0.6 is 0 Å². The SMILES string of the molecule is CCOc1ccc(S(=O)(=O)N(CC(=O)N(CCc2ccccc2)[C@H](C)C(=O)N[C@H](C)CC)c2ccccc2)cc1. The highest BCUT2D eigenvalue weighted by atomic mass is 32.2. The number of nitrogens with zero attached hydrogens (tertiary/aromatic N) is 2. The Bertz CT molecular complexity index is 1330. The van der Waals surface area contributed by atoms with Crippen molar-refractivity contribution in [2.75, 3.05) is 24.0 Å². The van der Waals surface area contributed by atoms with Crippen LogP contribution in [-0.4, -0.2) is 56.9 Å². The van der Waals surface area contributed by atoms with Gasteiger partial charge in [0.15, 0.2) is 0 Å². The van der Waals surface area contributed by atoms with Gasteiger partial charge >= 0.3 is 0 Å². The zero-order chi connectivity index (χ0) is 29.1. The number of benzene rings is 3. The van der Waals surface area contributed by atoms with Crippen LogP contribution in [0.4, 0.5) is 5.69 Å². The summed E-state index contributed by atoms with van der Waals surface area (Å²) in [6.45, 7) is 7.64. The van der Waals surface area contributed by atoms with Crippen LogP contribution in [0, 0.1) is 0 Å². The Morgan fingerprint density at radius 2 is 1.48 bits per heavy atom. The van der Waals surface area contributed by atoms with E-state index >= 15 is 0 Å². The summed E-state index contributed by atoms with van der Waals surface area (Å²) in [6.07, 6.45) is 1.27. The van der Waals surface area contributed by atoms with Gasteiger partial charge in [-0.05, 0) is 75.6 Å². The number of carbonyl (C=O) groups is 2. The molecule has 0 aliphatic heterocycles. The highest BCUT2D eigenvalue weighted by Crippen LogP contribution is 2.25. The van der Waals surface area contributed by atoms with Gasteiger partial charge in [0.25, 0.3) is 10.0 Å². The molecule has 0 bridgehead atoms. The Morgan fingerprint density at radius 3 is 2.05 bits per heavy atom. The Hall–Kier alpha value is -3.85. The van der Waals surface area contributed by atoms with Gasteiger partial charge in [-0.1, -0.05) is 55.5 Å². The number of hydrogen-bond acceptors (Lipinski definition) is 5. The molecular formula is C31H39N3O5S. The number of nitrogens with one attached hydrogen (secondary N) is 1. The van der Waals surface area contributed by atoms with Crippen LogP contribution in [0.25, 0.3) is 0 Å². The highest BCUT2D eigenvalue weighted by Gasteiger charge is 2.32. The predicted octanol–water partition coefficient (Wildman–Crippen LogP) is 4.66. The van der Waals surface area contributed by atoms with Crippen LogP contribution in [0.3, 0.4) is 0 Å². The third-order valence-corrected chi connectivity index (χ3v) is 8.49. The minimum atomic E-state index is -4.12. The van der Waals surface area contributed by atoms with Gasteiger partial charge in [-0.25, -0.2) is 8.42 Å². The van der Waals surface area contributed by atoms with Gasteiger partial charge in [-0.3, -0.25) is 13.9 Å². The highest BCUT2D eigenvalue weighted by molar-refractivity contribution is 7.92. The third-order valence-electron chi connectivity index (χ3n) is 6.70. The molecule has 0 heterocycles. The average Bonchev–Trinajstić information content (AvgIpc) is 2.97. The topological polar surface area (TPSA) is 96.0 Å². The lowest BCUT2D eigenvalue weighted by molar-refractivity contribution is -0.139. The number of anilines is 1. The number of sulfonamides is 1. The largest absolute Gasteiger partial charge is 0.494 e. The lowest BCUT2D eigenvalue weighted by atomic mass is 10.1. The van der Waals surface area contributed by atoms with Crippen molar-refractivity contribution < 1.29 is 22.7 Å². The van der Waals surface area contributed by atoms with Gasteiger partial charge in [0.2, 0.25) is 11.8 Å². The molecule has 0 saturated heterocycles. The molecule has 0 radical (unpaired) electrons. The fourth-order valence-electron chi connectivity index (χ4n) is 4.16. The molecule has 40 heavy (non-hydrogen) atoms. The Balaban J connectivity index is 1.94. The second-order valence-corrected chi connectivity index (χ2v) is 11.4. The molecule has 9 heteroatoms. The van der Waals surface area contributed by atoms with E-state index in [1.165, 1.54) is 17.0 Å². The van der Waals surface area contributed by atoms with Gasteiger partial charge in [0.1, 0.15) is 18.3 Å². The summed E-state index contributed by atoms with van der Waals surface area (Å²) in [4.78, 5) is 28.5. The maximum Gasteiger partial charge on any atom is 0.264 e. The van der Waals surface area contributed by atoms with E-state index in [0.29, 0.717) is 24.5 Å². The summed E-state index contributed by atoms with van der Waals surface area (Å²) in [5.41, 5.74) is 1.36. The second-order valence-electron chi connectivity index (χ2n) is 9.57. The van der Waals surface area contributed by atoms with E-state index in [1.807, 2.05) is 51.1 Å². The molecule has 3 aromatic rings. The zero-order valence-corrected chi connectivity index (χ0v) is 24.4. The van der Waals surface area contributed by atoms with Crippen molar-refractivity contribution in [3.8, 4) is 5.75 Å². The maximum atomic E-state index is 13.9. The minimum Gasteiger partial charge on any atom is -0.494 e. The van der Waals surface area contributed by atoms with Gasteiger partial charge in [0, 0.05) is 12.6 Å². The summed E-state index contributed by atoms with van der Waals surface area (Å²) >= 11 is 0. The zero-order valence-electron chi connectivity index (χ0n) is 23.6. The standard InChI is InChI=1S/C31H39N3O5S/c1-5-24(3)32-31(36)25(4)33(22-21-26-13-9-7-10-14-26)30(35)23-34(27-15-11-8-12-16-27)40(37,38)29-19-17-28(18-20-29)39-6-2/h7-20,24-25H,5-6,21-23H2,1-4H3,(H,32,36)/t24-,25-/m1/s1. The van der Waals surface area contributed by atoms with Crippen molar-refractivity contribution in [1.29, 1.82) is 0 Å². The Morgan fingerprint density at radius 1 is 0.875 bits per heavy atom. The van der Waals surface area contributed by atoms with Crippen LogP contribution in [0.1, 0.15) is 39.7 Å². The van der Waals surface area contributed by atoms with Gasteiger partial charge in [-0.15, -0.1) is 0 Å². The molecule has 1 N–H and O–H groups in total. The molecule has 0 aliphatic carbocycles. The number of para-hydroxylation sites is 1. The third kappa shape index (κ3) is 8.08. The molecule has 2 amide bonds. The molecule has 0 fully saturated rings. The van der Waals surface area contributed by atoms with Crippen LogP contribution in [0.15, 0.2) is 89.8 Å². The van der Waals surface area contributed by atoms with Crippen molar-refractivity contribution in [3.05, 3.63) is 90.5 Å². The molecule has 0 saturated carbocycles. The fourth-order valence-corrected chi connectivity index (χ4v) is 5.57. The second kappa shape index (κ2) is 14.5. The summed E-state index contributed by atoms with van der Waals surface area (Å²) in [6, 6.07) is 23.4. The van der Waals surface area contributed by atoms with Gasteiger partial charge in [0.05, 0.1) is 17.2 Å².